The Labute approximate surface area is 110 Å². The van der Waals surface area contributed by atoms with Crippen LogP contribution in [0.1, 0.15) is 6.92 Å². The molecule has 1 N–H and O–H groups in total. The standard InChI is InChI=1S/C11H14F2N2O3S/c1-7(11(16)14-2)15(19(3,17)18)8-4-5-9(12)10(13)6-8/h4-7H,1-3H3,(H,14,16). The summed E-state index contributed by atoms with van der Waals surface area (Å²) in [7, 11) is -2.47. The van der Waals surface area contributed by atoms with Gasteiger partial charge in [-0.25, -0.2) is 17.2 Å². The van der Waals surface area contributed by atoms with Crippen molar-refractivity contribution in [3.63, 3.8) is 0 Å². The molecular formula is C11H14F2N2O3S. The average molecular weight is 292 g/mol. The summed E-state index contributed by atoms with van der Waals surface area (Å²) in [5, 5.41) is 2.30. The molecule has 1 atom stereocenters. The van der Waals surface area contributed by atoms with Crippen molar-refractivity contribution < 1.29 is 22.0 Å². The van der Waals surface area contributed by atoms with E-state index in [1.165, 1.54) is 14.0 Å². The lowest BCUT2D eigenvalue weighted by atomic mass is 10.2. The fourth-order valence-electron chi connectivity index (χ4n) is 1.64. The highest BCUT2D eigenvalue weighted by Crippen LogP contribution is 2.23. The number of likely N-dealkylation sites (N-methyl/N-ethyl adjacent to an activating group) is 1. The van der Waals surface area contributed by atoms with Crippen LogP contribution in [0.25, 0.3) is 0 Å². The predicted octanol–water partition coefficient (Wildman–Crippen LogP) is 0.865. The zero-order valence-electron chi connectivity index (χ0n) is 10.6. The van der Waals surface area contributed by atoms with Gasteiger partial charge < -0.3 is 5.32 Å². The van der Waals surface area contributed by atoms with Crippen LogP contribution >= 0.6 is 0 Å². The Morgan fingerprint density at radius 3 is 2.32 bits per heavy atom. The highest BCUT2D eigenvalue weighted by molar-refractivity contribution is 7.92. The van der Waals surface area contributed by atoms with Gasteiger partial charge in [0, 0.05) is 13.1 Å². The largest absolute Gasteiger partial charge is 0.357 e. The van der Waals surface area contributed by atoms with Crippen molar-refractivity contribution in [3.05, 3.63) is 29.8 Å². The third-order valence-electron chi connectivity index (χ3n) is 2.49. The van der Waals surface area contributed by atoms with E-state index in [2.05, 4.69) is 5.32 Å². The number of anilines is 1. The van der Waals surface area contributed by atoms with Crippen LogP contribution in [0.2, 0.25) is 0 Å². The second-order valence-electron chi connectivity index (χ2n) is 3.95. The molecule has 8 heteroatoms. The molecule has 1 unspecified atom stereocenters. The van der Waals surface area contributed by atoms with Crippen molar-refractivity contribution >= 4 is 21.6 Å². The molecule has 0 saturated carbocycles. The van der Waals surface area contributed by atoms with Gasteiger partial charge in [0.15, 0.2) is 11.6 Å². The van der Waals surface area contributed by atoms with E-state index in [1.807, 2.05) is 0 Å². The van der Waals surface area contributed by atoms with Gasteiger partial charge in [-0.3, -0.25) is 9.10 Å². The quantitative estimate of drug-likeness (QED) is 0.895. The van der Waals surface area contributed by atoms with Gasteiger partial charge in [0.25, 0.3) is 0 Å². The molecular weight excluding hydrogens is 278 g/mol. The first kappa shape index (κ1) is 15.4. The Bertz CT molecular complexity index is 590. The number of benzene rings is 1. The molecule has 0 bridgehead atoms. The maximum atomic E-state index is 13.2. The molecule has 5 nitrogen and oxygen atoms in total. The zero-order chi connectivity index (χ0) is 14.8. The normalized spacial score (nSPS) is 12.9. The van der Waals surface area contributed by atoms with Crippen LogP contribution in [0.3, 0.4) is 0 Å². The fourth-order valence-corrected chi connectivity index (χ4v) is 2.81. The van der Waals surface area contributed by atoms with E-state index < -0.39 is 33.6 Å². The number of hydrogen-bond donors (Lipinski definition) is 1. The number of halogens is 2. The van der Waals surface area contributed by atoms with E-state index in [-0.39, 0.29) is 5.69 Å². The Morgan fingerprint density at radius 2 is 1.89 bits per heavy atom. The molecule has 0 radical (unpaired) electrons. The van der Waals surface area contributed by atoms with Gasteiger partial charge in [-0.15, -0.1) is 0 Å². The minimum Gasteiger partial charge on any atom is -0.357 e. The van der Waals surface area contributed by atoms with E-state index in [9.17, 15) is 22.0 Å². The van der Waals surface area contributed by atoms with E-state index in [0.29, 0.717) is 0 Å². The Kier molecular flexibility index (Phi) is 4.46. The van der Waals surface area contributed by atoms with Crippen LogP contribution in [0, 0.1) is 11.6 Å². The van der Waals surface area contributed by atoms with E-state index in [4.69, 9.17) is 0 Å². The monoisotopic (exact) mass is 292 g/mol. The summed E-state index contributed by atoms with van der Waals surface area (Å²) in [5.74, 6) is -2.84. The molecule has 1 aromatic rings. The van der Waals surface area contributed by atoms with Crippen molar-refractivity contribution in [2.75, 3.05) is 17.6 Å². The number of hydrogen-bond acceptors (Lipinski definition) is 3. The number of rotatable bonds is 4. The molecule has 0 aliphatic carbocycles. The maximum Gasteiger partial charge on any atom is 0.243 e. The fraction of sp³-hybridized carbons (Fsp3) is 0.364. The molecule has 0 aromatic heterocycles. The van der Waals surface area contributed by atoms with Crippen molar-refractivity contribution in [3.8, 4) is 0 Å². The van der Waals surface area contributed by atoms with Gasteiger partial charge in [0.1, 0.15) is 6.04 Å². The van der Waals surface area contributed by atoms with E-state index >= 15 is 0 Å². The van der Waals surface area contributed by atoms with Gasteiger partial charge in [0.2, 0.25) is 15.9 Å². The number of nitrogens with one attached hydrogen (secondary N) is 1. The van der Waals surface area contributed by atoms with Crippen LogP contribution in [0.5, 0.6) is 0 Å². The summed E-state index contributed by atoms with van der Waals surface area (Å²) >= 11 is 0. The number of nitrogens with zero attached hydrogens (tertiary/aromatic N) is 1. The average Bonchev–Trinajstić information content (AvgIpc) is 2.31. The van der Waals surface area contributed by atoms with Gasteiger partial charge in [0.05, 0.1) is 11.9 Å². The lowest BCUT2D eigenvalue weighted by Gasteiger charge is -2.27. The number of amides is 1. The topological polar surface area (TPSA) is 66.5 Å². The summed E-state index contributed by atoms with van der Waals surface area (Å²) in [6.45, 7) is 1.35. The second-order valence-corrected chi connectivity index (χ2v) is 5.81. The maximum absolute atomic E-state index is 13.2. The minimum atomic E-state index is -3.82. The number of carbonyl (C=O) groups excluding carboxylic acids is 1. The van der Waals surface area contributed by atoms with E-state index in [1.54, 1.807) is 0 Å². The molecule has 0 spiro atoms. The first-order chi connectivity index (χ1) is 8.68. The summed E-state index contributed by atoms with van der Waals surface area (Å²) in [5.41, 5.74) is -0.113. The van der Waals surface area contributed by atoms with Gasteiger partial charge >= 0.3 is 0 Å². The second kappa shape index (κ2) is 5.52. The zero-order valence-corrected chi connectivity index (χ0v) is 11.5. The van der Waals surface area contributed by atoms with Gasteiger partial charge in [-0.05, 0) is 19.1 Å². The smallest absolute Gasteiger partial charge is 0.243 e. The summed E-state index contributed by atoms with van der Waals surface area (Å²) in [6, 6.07) is 1.55. The molecule has 1 amide bonds. The molecule has 0 fully saturated rings. The summed E-state index contributed by atoms with van der Waals surface area (Å²) in [4.78, 5) is 11.5. The van der Waals surface area contributed by atoms with Crippen LogP contribution in [-0.2, 0) is 14.8 Å². The minimum absolute atomic E-state index is 0.113. The third-order valence-corrected chi connectivity index (χ3v) is 3.73. The molecule has 0 saturated heterocycles. The highest BCUT2D eigenvalue weighted by atomic mass is 32.2. The third kappa shape index (κ3) is 3.40. The molecule has 106 valence electrons. The predicted molar refractivity (Wildman–Crippen MR) is 67.2 cm³/mol. The van der Waals surface area contributed by atoms with Gasteiger partial charge in [-0.1, -0.05) is 0 Å². The Balaban J connectivity index is 3.33. The van der Waals surface area contributed by atoms with Crippen LogP contribution in [-0.4, -0.2) is 33.7 Å². The Hall–Kier alpha value is -1.70. The van der Waals surface area contributed by atoms with Crippen LogP contribution in [0.15, 0.2) is 18.2 Å². The summed E-state index contributed by atoms with van der Waals surface area (Å²) in [6.07, 6.45) is 0.883. The SMILES string of the molecule is CNC(=O)C(C)N(c1ccc(F)c(F)c1)S(C)(=O)=O. The number of sulfonamides is 1. The molecule has 19 heavy (non-hydrogen) atoms. The van der Waals surface area contributed by atoms with E-state index in [0.717, 1.165) is 28.8 Å². The molecule has 1 rings (SSSR count). The molecule has 1 aromatic carbocycles. The van der Waals surface area contributed by atoms with Crippen LogP contribution in [0.4, 0.5) is 14.5 Å². The lowest BCUT2D eigenvalue weighted by Crippen LogP contribution is -2.47. The first-order valence-corrected chi connectivity index (χ1v) is 7.19. The lowest BCUT2D eigenvalue weighted by molar-refractivity contribution is -0.121. The van der Waals surface area contributed by atoms with Crippen molar-refractivity contribution in [1.82, 2.24) is 5.32 Å². The van der Waals surface area contributed by atoms with Crippen molar-refractivity contribution in [2.24, 2.45) is 0 Å². The first-order valence-electron chi connectivity index (χ1n) is 5.34. The molecule has 0 aliphatic rings. The van der Waals surface area contributed by atoms with Crippen molar-refractivity contribution in [1.29, 1.82) is 0 Å². The Morgan fingerprint density at radius 1 is 1.32 bits per heavy atom. The van der Waals surface area contributed by atoms with Gasteiger partial charge in [-0.2, -0.15) is 0 Å². The molecule has 0 aliphatic heterocycles. The van der Waals surface area contributed by atoms with Crippen LogP contribution < -0.4 is 9.62 Å². The molecule has 0 heterocycles. The number of carbonyl (C=O) groups is 1. The summed E-state index contributed by atoms with van der Waals surface area (Å²) < 4.78 is 50.2. The highest BCUT2D eigenvalue weighted by Gasteiger charge is 2.29. The van der Waals surface area contributed by atoms with Crippen molar-refractivity contribution in [2.45, 2.75) is 13.0 Å².